The van der Waals surface area contributed by atoms with Crippen LogP contribution in [-0.4, -0.2) is 19.3 Å². The summed E-state index contributed by atoms with van der Waals surface area (Å²) in [7, 11) is 3.18. The van der Waals surface area contributed by atoms with Crippen LogP contribution in [0.5, 0.6) is 11.5 Å². The highest BCUT2D eigenvalue weighted by Crippen LogP contribution is 2.29. The van der Waals surface area contributed by atoms with Gasteiger partial charge in [-0.05, 0) is 35.4 Å². The van der Waals surface area contributed by atoms with E-state index < -0.39 is 6.10 Å². The molecule has 0 fully saturated rings. The van der Waals surface area contributed by atoms with Crippen molar-refractivity contribution >= 4 is 11.6 Å². The van der Waals surface area contributed by atoms with Crippen molar-refractivity contribution < 1.29 is 14.6 Å². The van der Waals surface area contributed by atoms with Gasteiger partial charge in [-0.15, -0.1) is 0 Å². The summed E-state index contributed by atoms with van der Waals surface area (Å²) in [6.07, 6.45) is -0.115. The van der Waals surface area contributed by atoms with E-state index in [0.29, 0.717) is 17.2 Å². The van der Waals surface area contributed by atoms with Crippen molar-refractivity contribution in [3.05, 3.63) is 58.6 Å². The number of hydrogen-bond acceptors (Lipinski definition) is 3. The molecule has 1 unspecified atom stereocenters. The fourth-order valence-corrected chi connectivity index (χ4v) is 2.22. The molecule has 0 aliphatic rings. The van der Waals surface area contributed by atoms with E-state index in [1.807, 2.05) is 24.3 Å². The molecule has 3 nitrogen and oxygen atoms in total. The number of hydrogen-bond donors (Lipinski definition) is 1. The van der Waals surface area contributed by atoms with Gasteiger partial charge < -0.3 is 14.6 Å². The molecule has 0 heterocycles. The fraction of sp³-hybridized carbons (Fsp3) is 0.250. The first kappa shape index (κ1) is 14.7. The Hall–Kier alpha value is -1.71. The summed E-state index contributed by atoms with van der Waals surface area (Å²) in [6, 6.07) is 12.9. The minimum absolute atomic E-state index is 0.502. The number of aliphatic hydroxyl groups is 1. The summed E-state index contributed by atoms with van der Waals surface area (Å²) in [6.45, 7) is 0. The summed E-state index contributed by atoms with van der Waals surface area (Å²) in [5, 5.41) is 10.8. The Kier molecular flexibility index (Phi) is 4.88. The van der Waals surface area contributed by atoms with Gasteiger partial charge >= 0.3 is 0 Å². The molecule has 0 saturated carbocycles. The third-order valence-electron chi connectivity index (χ3n) is 3.12. The average molecular weight is 293 g/mol. The van der Waals surface area contributed by atoms with Gasteiger partial charge in [-0.3, -0.25) is 0 Å². The van der Waals surface area contributed by atoms with Crippen LogP contribution in [0.1, 0.15) is 17.2 Å². The van der Waals surface area contributed by atoms with Crippen LogP contribution in [0.15, 0.2) is 42.5 Å². The minimum Gasteiger partial charge on any atom is -0.497 e. The largest absolute Gasteiger partial charge is 0.497 e. The number of rotatable bonds is 5. The standard InChI is InChI=1S/C16H17ClO3/c1-19-13-5-3-4-11(8-13)9-15(18)12-6-7-14(17)16(10-12)20-2/h3-8,10,15,18H,9H2,1-2H3. The summed E-state index contributed by atoms with van der Waals surface area (Å²) < 4.78 is 10.3. The highest BCUT2D eigenvalue weighted by molar-refractivity contribution is 6.32. The summed E-state index contributed by atoms with van der Waals surface area (Å²) >= 11 is 5.98. The Morgan fingerprint density at radius 3 is 2.60 bits per heavy atom. The van der Waals surface area contributed by atoms with Crippen LogP contribution < -0.4 is 9.47 Å². The number of methoxy groups -OCH3 is 2. The molecule has 4 heteroatoms. The van der Waals surface area contributed by atoms with Crippen molar-refractivity contribution in [2.75, 3.05) is 14.2 Å². The molecule has 0 aromatic heterocycles. The van der Waals surface area contributed by atoms with Crippen LogP contribution in [0.3, 0.4) is 0 Å². The Bertz CT molecular complexity index is 584. The van der Waals surface area contributed by atoms with Gasteiger partial charge in [0.05, 0.1) is 25.3 Å². The molecule has 106 valence electrons. The monoisotopic (exact) mass is 292 g/mol. The topological polar surface area (TPSA) is 38.7 Å². The second-order valence-electron chi connectivity index (χ2n) is 4.47. The molecule has 0 bridgehead atoms. The average Bonchev–Trinajstić information content (AvgIpc) is 2.47. The Balaban J connectivity index is 2.16. The summed E-state index contributed by atoms with van der Waals surface area (Å²) in [5.74, 6) is 1.34. The van der Waals surface area contributed by atoms with E-state index >= 15 is 0 Å². The molecule has 0 aliphatic carbocycles. The molecule has 2 aromatic rings. The lowest BCUT2D eigenvalue weighted by Crippen LogP contribution is -2.02. The lowest BCUT2D eigenvalue weighted by atomic mass is 10.0. The molecule has 1 atom stereocenters. The number of ether oxygens (including phenoxy) is 2. The van der Waals surface area contributed by atoms with Gasteiger partial charge in [0.15, 0.2) is 0 Å². The van der Waals surface area contributed by atoms with Crippen LogP contribution >= 0.6 is 11.6 Å². The molecule has 0 aliphatic heterocycles. The van der Waals surface area contributed by atoms with Crippen LogP contribution in [0, 0.1) is 0 Å². The molecule has 2 rings (SSSR count). The molecular weight excluding hydrogens is 276 g/mol. The molecule has 0 amide bonds. The van der Waals surface area contributed by atoms with Crippen LogP contribution in [-0.2, 0) is 6.42 Å². The van der Waals surface area contributed by atoms with Gasteiger partial charge in [0.2, 0.25) is 0 Å². The Morgan fingerprint density at radius 1 is 1.10 bits per heavy atom. The minimum atomic E-state index is -0.617. The molecule has 0 spiro atoms. The Morgan fingerprint density at radius 2 is 1.90 bits per heavy atom. The molecule has 0 radical (unpaired) electrons. The number of aliphatic hydroxyl groups excluding tert-OH is 1. The quantitative estimate of drug-likeness (QED) is 0.914. The first-order valence-corrected chi connectivity index (χ1v) is 6.66. The lowest BCUT2D eigenvalue weighted by Gasteiger charge is -2.13. The Labute approximate surface area is 123 Å². The SMILES string of the molecule is COc1cccc(CC(O)c2ccc(Cl)c(OC)c2)c1. The smallest absolute Gasteiger partial charge is 0.137 e. The zero-order valence-electron chi connectivity index (χ0n) is 11.5. The van der Waals surface area contributed by atoms with Crippen molar-refractivity contribution in [2.45, 2.75) is 12.5 Å². The maximum atomic E-state index is 10.3. The second-order valence-corrected chi connectivity index (χ2v) is 4.87. The maximum absolute atomic E-state index is 10.3. The van der Waals surface area contributed by atoms with Crippen molar-refractivity contribution in [1.82, 2.24) is 0 Å². The predicted molar refractivity (Wildman–Crippen MR) is 79.7 cm³/mol. The van der Waals surface area contributed by atoms with Crippen molar-refractivity contribution in [1.29, 1.82) is 0 Å². The fourth-order valence-electron chi connectivity index (χ4n) is 2.02. The van der Waals surface area contributed by atoms with E-state index in [1.54, 1.807) is 32.4 Å². The molecule has 1 N–H and O–H groups in total. The van der Waals surface area contributed by atoms with Crippen molar-refractivity contribution in [2.24, 2.45) is 0 Å². The zero-order valence-corrected chi connectivity index (χ0v) is 12.2. The molecule has 2 aromatic carbocycles. The van der Waals surface area contributed by atoms with E-state index in [0.717, 1.165) is 16.9 Å². The highest BCUT2D eigenvalue weighted by Gasteiger charge is 2.11. The van der Waals surface area contributed by atoms with Gasteiger partial charge in [0.1, 0.15) is 11.5 Å². The van der Waals surface area contributed by atoms with Gasteiger partial charge in [0, 0.05) is 6.42 Å². The molecule has 0 saturated heterocycles. The summed E-state index contributed by atoms with van der Waals surface area (Å²) in [4.78, 5) is 0. The summed E-state index contributed by atoms with van der Waals surface area (Å²) in [5.41, 5.74) is 1.78. The van der Waals surface area contributed by atoms with Crippen LogP contribution in [0.4, 0.5) is 0 Å². The highest BCUT2D eigenvalue weighted by atomic mass is 35.5. The predicted octanol–water partition coefficient (Wildman–Crippen LogP) is 3.63. The first-order valence-electron chi connectivity index (χ1n) is 6.28. The lowest BCUT2D eigenvalue weighted by molar-refractivity contribution is 0.178. The van der Waals surface area contributed by atoms with Crippen LogP contribution in [0.2, 0.25) is 5.02 Å². The van der Waals surface area contributed by atoms with Gasteiger partial charge in [-0.2, -0.15) is 0 Å². The van der Waals surface area contributed by atoms with Crippen LogP contribution in [0.25, 0.3) is 0 Å². The van der Waals surface area contributed by atoms with Gasteiger partial charge in [-0.25, -0.2) is 0 Å². The van der Waals surface area contributed by atoms with Gasteiger partial charge in [-0.1, -0.05) is 29.8 Å². The van der Waals surface area contributed by atoms with E-state index in [2.05, 4.69) is 0 Å². The maximum Gasteiger partial charge on any atom is 0.137 e. The third-order valence-corrected chi connectivity index (χ3v) is 3.44. The second kappa shape index (κ2) is 6.64. The van der Waals surface area contributed by atoms with E-state index in [9.17, 15) is 5.11 Å². The third kappa shape index (κ3) is 3.44. The zero-order chi connectivity index (χ0) is 14.5. The molecule has 20 heavy (non-hydrogen) atoms. The normalized spacial score (nSPS) is 12.0. The van der Waals surface area contributed by atoms with E-state index in [1.165, 1.54) is 0 Å². The van der Waals surface area contributed by atoms with Crippen molar-refractivity contribution in [3.63, 3.8) is 0 Å². The van der Waals surface area contributed by atoms with E-state index in [-0.39, 0.29) is 0 Å². The number of halogens is 1. The first-order chi connectivity index (χ1) is 9.63. The van der Waals surface area contributed by atoms with Gasteiger partial charge in [0.25, 0.3) is 0 Å². The van der Waals surface area contributed by atoms with Crippen molar-refractivity contribution in [3.8, 4) is 11.5 Å². The number of benzene rings is 2. The molecular formula is C16H17ClO3. The van der Waals surface area contributed by atoms with E-state index in [4.69, 9.17) is 21.1 Å².